The van der Waals surface area contributed by atoms with Crippen LogP contribution in [0.25, 0.3) is 0 Å². The molecule has 0 radical (unpaired) electrons. The highest BCUT2D eigenvalue weighted by molar-refractivity contribution is 7.91. The molecular formula is C11H15N3O4S2. The van der Waals surface area contributed by atoms with Gasteiger partial charge in [-0.15, -0.1) is 11.3 Å². The normalized spacial score (nSPS) is 18.9. The van der Waals surface area contributed by atoms with Crippen LogP contribution in [-0.4, -0.2) is 32.8 Å². The third-order valence-electron chi connectivity index (χ3n) is 2.90. The SMILES string of the molecule is NS(=O)(=O)c1ccc(CCNC(=O)[C@H]2CCC(=O)N2)s1. The summed E-state index contributed by atoms with van der Waals surface area (Å²) in [5.41, 5.74) is 0. The largest absolute Gasteiger partial charge is 0.354 e. The average molecular weight is 317 g/mol. The van der Waals surface area contributed by atoms with Gasteiger partial charge >= 0.3 is 0 Å². The lowest BCUT2D eigenvalue weighted by Crippen LogP contribution is -2.42. The lowest BCUT2D eigenvalue weighted by molar-refractivity contribution is -0.125. The number of primary sulfonamides is 1. The van der Waals surface area contributed by atoms with Crippen molar-refractivity contribution in [2.24, 2.45) is 5.14 Å². The van der Waals surface area contributed by atoms with Gasteiger partial charge in [-0.3, -0.25) is 9.59 Å². The molecule has 7 nitrogen and oxygen atoms in total. The molecule has 4 N–H and O–H groups in total. The maximum Gasteiger partial charge on any atom is 0.247 e. The minimum Gasteiger partial charge on any atom is -0.354 e. The first kappa shape index (κ1) is 14.9. The second-order valence-electron chi connectivity index (χ2n) is 4.47. The zero-order valence-electron chi connectivity index (χ0n) is 10.6. The van der Waals surface area contributed by atoms with E-state index in [0.717, 1.165) is 16.2 Å². The van der Waals surface area contributed by atoms with Crippen LogP contribution in [0.5, 0.6) is 0 Å². The molecule has 1 fully saturated rings. The van der Waals surface area contributed by atoms with E-state index >= 15 is 0 Å². The van der Waals surface area contributed by atoms with E-state index in [1.807, 2.05) is 0 Å². The highest BCUT2D eigenvalue weighted by atomic mass is 32.2. The first-order valence-corrected chi connectivity index (χ1v) is 8.41. The van der Waals surface area contributed by atoms with E-state index in [1.165, 1.54) is 6.07 Å². The lowest BCUT2D eigenvalue weighted by atomic mass is 10.2. The third kappa shape index (κ3) is 3.78. The van der Waals surface area contributed by atoms with E-state index < -0.39 is 16.1 Å². The van der Waals surface area contributed by atoms with Crippen molar-refractivity contribution in [3.63, 3.8) is 0 Å². The summed E-state index contributed by atoms with van der Waals surface area (Å²) in [6.07, 6.45) is 1.41. The van der Waals surface area contributed by atoms with E-state index in [0.29, 0.717) is 25.8 Å². The van der Waals surface area contributed by atoms with Crippen LogP contribution < -0.4 is 15.8 Å². The second kappa shape index (κ2) is 5.90. The molecule has 0 aromatic carbocycles. The molecule has 2 heterocycles. The van der Waals surface area contributed by atoms with Gasteiger partial charge in [0.15, 0.2) is 0 Å². The summed E-state index contributed by atoms with van der Waals surface area (Å²) < 4.78 is 22.3. The molecule has 0 saturated carbocycles. The summed E-state index contributed by atoms with van der Waals surface area (Å²) in [7, 11) is -3.66. The van der Waals surface area contributed by atoms with Crippen LogP contribution in [0.4, 0.5) is 0 Å². The summed E-state index contributed by atoms with van der Waals surface area (Å²) in [4.78, 5) is 23.5. The Hall–Kier alpha value is -1.45. The van der Waals surface area contributed by atoms with Crippen LogP contribution in [0.3, 0.4) is 0 Å². The van der Waals surface area contributed by atoms with Crippen LogP contribution in [-0.2, 0) is 26.0 Å². The zero-order chi connectivity index (χ0) is 14.8. The molecule has 2 rings (SSSR count). The Bertz CT molecular complexity index is 623. The minimum atomic E-state index is -3.66. The van der Waals surface area contributed by atoms with Gasteiger partial charge in [0.2, 0.25) is 21.8 Å². The summed E-state index contributed by atoms with van der Waals surface area (Å²) in [6, 6.07) is 2.67. The van der Waals surface area contributed by atoms with Crippen molar-refractivity contribution in [1.29, 1.82) is 0 Å². The van der Waals surface area contributed by atoms with Gasteiger partial charge in [0.1, 0.15) is 10.3 Å². The lowest BCUT2D eigenvalue weighted by Gasteiger charge is -2.10. The fourth-order valence-electron chi connectivity index (χ4n) is 1.89. The summed E-state index contributed by atoms with van der Waals surface area (Å²) in [5.74, 6) is -0.319. The first-order valence-electron chi connectivity index (χ1n) is 6.05. The fraction of sp³-hybridized carbons (Fsp3) is 0.455. The Kier molecular flexibility index (Phi) is 4.41. The van der Waals surface area contributed by atoms with E-state index in [2.05, 4.69) is 10.6 Å². The van der Waals surface area contributed by atoms with Gasteiger partial charge in [0, 0.05) is 17.8 Å². The number of nitrogens with one attached hydrogen (secondary N) is 2. The molecule has 0 spiro atoms. The number of hydrogen-bond acceptors (Lipinski definition) is 5. The van der Waals surface area contributed by atoms with E-state index in [9.17, 15) is 18.0 Å². The third-order valence-corrected chi connectivity index (χ3v) is 5.48. The smallest absolute Gasteiger partial charge is 0.247 e. The topological polar surface area (TPSA) is 118 Å². The fourth-order valence-corrected chi connectivity index (χ4v) is 3.67. The van der Waals surface area contributed by atoms with Crippen molar-refractivity contribution in [1.82, 2.24) is 10.6 Å². The molecule has 1 saturated heterocycles. The maximum absolute atomic E-state index is 11.7. The van der Waals surface area contributed by atoms with Gasteiger partial charge in [-0.05, 0) is 25.0 Å². The quantitative estimate of drug-likeness (QED) is 0.667. The Labute approximate surface area is 120 Å². The van der Waals surface area contributed by atoms with Crippen molar-refractivity contribution >= 4 is 33.2 Å². The van der Waals surface area contributed by atoms with Gasteiger partial charge in [-0.1, -0.05) is 0 Å². The van der Waals surface area contributed by atoms with Crippen LogP contribution >= 0.6 is 11.3 Å². The van der Waals surface area contributed by atoms with Crippen molar-refractivity contribution in [3.05, 3.63) is 17.0 Å². The number of carbonyl (C=O) groups is 2. The number of sulfonamides is 1. The first-order chi connectivity index (χ1) is 9.36. The van der Waals surface area contributed by atoms with Gasteiger partial charge < -0.3 is 10.6 Å². The van der Waals surface area contributed by atoms with Crippen LogP contribution in [0.2, 0.25) is 0 Å². The molecule has 1 atom stereocenters. The molecule has 20 heavy (non-hydrogen) atoms. The number of hydrogen-bond donors (Lipinski definition) is 3. The Morgan fingerprint density at radius 1 is 1.50 bits per heavy atom. The number of amides is 2. The highest BCUT2D eigenvalue weighted by Gasteiger charge is 2.26. The molecule has 110 valence electrons. The molecule has 1 aromatic heterocycles. The predicted molar refractivity (Wildman–Crippen MR) is 73.6 cm³/mol. The number of thiophene rings is 1. The summed E-state index contributed by atoms with van der Waals surface area (Å²) >= 11 is 1.09. The number of nitrogens with two attached hydrogens (primary N) is 1. The molecule has 1 aliphatic rings. The zero-order valence-corrected chi connectivity index (χ0v) is 12.2. The van der Waals surface area contributed by atoms with Crippen LogP contribution in [0, 0.1) is 0 Å². The standard InChI is InChI=1S/C11H15N3O4S2/c12-20(17,18)10-4-1-7(19-10)5-6-13-11(16)8-2-3-9(15)14-8/h1,4,8H,2-3,5-6H2,(H,13,16)(H,14,15)(H2,12,17,18)/t8-/m1/s1. The molecule has 0 bridgehead atoms. The summed E-state index contributed by atoms with van der Waals surface area (Å²) in [6.45, 7) is 0.385. The Morgan fingerprint density at radius 2 is 2.25 bits per heavy atom. The maximum atomic E-state index is 11.7. The van der Waals surface area contributed by atoms with E-state index in [1.54, 1.807) is 6.07 Å². The Balaban J connectivity index is 1.80. The molecular weight excluding hydrogens is 302 g/mol. The van der Waals surface area contributed by atoms with Crippen LogP contribution in [0.1, 0.15) is 17.7 Å². The second-order valence-corrected chi connectivity index (χ2v) is 7.42. The monoisotopic (exact) mass is 317 g/mol. The minimum absolute atomic E-state index is 0.110. The molecule has 1 aliphatic heterocycles. The summed E-state index contributed by atoms with van der Waals surface area (Å²) in [5, 5.41) is 10.3. The van der Waals surface area contributed by atoms with Gasteiger partial charge in [-0.25, -0.2) is 13.6 Å². The van der Waals surface area contributed by atoms with Crippen molar-refractivity contribution in [2.75, 3.05) is 6.54 Å². The van der Waals surface area contributed by atoms with Crippen molar-refractivity contribution in [3.8, 4) is 0 Å². The van der Waals surface area contributed by atoms with Gasteiger partial charge in [0.25, 0.3) is 0 Å². The molecule has 0 unspecified atom stereocenters. The molecule has 1 aromatic rings. The van der Waals surface area contributed by atoms with Gasteiger partial charge in [0.05, 0.1) is 0 Å². The molecule has 9 heteroatoms. The predicted octanol–water partition coefficient (Wildman–Crippen LogP) is -0.667. The molecule has 2 amide bonds. The van der Waals surface area contributed by atoms with Gasteiger partial charge in [-0.2, -0.15) is 0 Å². The number of carbonyl (C=O) groups excluding carboxylic acids is 2. The van der Waals surface area contributed by atoms with E-state index in [4.69, 9.17) is 5.14 Å². The van der Waals surface area contributed by atoms with Crippen molar-refractivity contribution < 1.29 is 18.0 Å². The molecule has 0 aliphatic carbocycles. The van der Waals surface area contributed by atoms with Crippen molar-refractivity contribution in [2.45, 2.75) is 29.5 Å². The average Bonchev–Trinajstić information content (AvgIpc) is 2.97. The highest BCUT2D eigenvalue weighted by Crippen LogP contribution is 2.20. The Morgan fingerprint density at radius 3 is 2.80 bits per heavy atom. The number of rotatable bonds is 5. The van der Waals surface area contributed by atoms with E-state index in [-0.39, 0.29) is 16.0 Å². The van der Waals surface area contributed by atoms with Crippen LogP contribution in [0.15, 0.2) is 16.3 Å².